The minimum Gasteiger partial charge on any atom is -0.345 e. The van der Waals surface area contributed by atoms with Crippen molar-refractivity contribution in [3.63, 3.8) is 0 Å². The number of carbonyl (C=O) groups is 1. The lowest BCUT2D eigenvalue weighted by Crippen LogP contribution is -2.54. The molecule has 1 aromatic heterocycles. The maximum Gasteiger partial charge on any atom is 0.186 e. The van der Waals surface area contributed by atoms with E-state index < -0.39 is 0 Å². The molecule has 1 aromatic rings. The molecule has 3 rings (SSSR count). The molecule has 0 spiro atoms. The molecule has 0 N–H and O–H groups in total. The quantitative estimate of drug-likeness (QED) is 0.801. The van der Waals surface area contributed by atoms with Crippen molar-refractivity contribution in [3.8, 4) is 0 Å². The molecular formula is C16H25N3OS. The number of aromatic nitrogens is 1. The number of piperazine rings is 1. The first-order valence-electron chi connectivity index (χ1n) is 8.17. The van der Waals surface area contributed by atoms with Crippen molar-refractivity contribution in [2.24, 2.45) is 0 Å². The van der Waals surface area contributed by atoms with Gasteiger partial charge >= 0.3 is 0 Å². The largest absolute Gasteiger partial charge is 0.345 e. The van der Waals surface area contributed by atoms with Crippen LogP contribution in [0.15, 0.2) is 0 Å². The zero-order valence-corrected chi connectivity index (χ0v) is 13.9. The van der Waals surface area contributed by atoms with Gasteiger partial charge in [0.1, 0.15) is 0 Å². The fourth-order valence-electron chi connectivity index (χ4n) is 3.43. The lowest BCUT2D eigenvalue weighted by Gasteiger charge is -2.44. The molecule has 3 heterocycles. The molecule has 0 saturated carbocycles. The number of thiazole rings is 1. The van der Waals surface area contributed by atoms with E-state index in [1.807, 2.05) is 0 Å². The summed E-state index contributed by atoms with van der Waals surface area (Å²) >= 11 is 1.58. The highest BCUT2D eigenvalue weighted by molar-refractivity contribution is 7.17. The molecule has 2 aliphatic heterocycles. The van der Waals surface area contributed by atoms with Crippen LogP contribution in [0.5, 0.6) is 0 Å². The van der Waals surface area contributed by atoms with Crippen LogP contribution >= 0.6 is 11.3 Å². The molecule has 4 nitrogen and oxygen atoms in total. The predicted octanol–water partition coefficient (Wildman–Crippen LogP) is 3.14. The Balaban J connectivity index is 1.77. The van der Waals surface area contributed by atoms with Gasteiger partial charge in [-0.1, -0.05) is 31.6 Å². The van der Waals surface area contributed by atoms with Crippen LogP contribution in [0, 0.1) is 0 Å². The Morgan fingerprint density at radius 1 is 1.38 bits per heavy atom. The summed E-state index contributed by atoms with van der Waals surface area (Å²) in [6.07, 6.45) is 6.02. The standard InChI is InChI=1S/C16H25N3OS/c1-3-12(2)15-14(11-20)21-16(17-15)19-9-8-18-7-5-4-6-13(18)10-19/h11-13H,3-10H2,1-2H3. The van der Waals surface area contributed by atoms with E-state index in [9.17, 15) is 4.79 Å². The van der Waals surface area contributed by atoms with Gasteiger partial charge in [0.05, 0.1) is 10.6 Å². The first kappa shape index (κ1) is 15.0. The van der Waals surface area contributed by atoms with Gasteiger partial charge in [0.25, 0.3) is 0 Å². The molecule has 2 fully saturated rings. The van der Waals surface area contributed by atoms with E-state index in [0.29, 0.717) is 12.0 Å². The number of carbonyl (C=O) groups excluding carboxylic acids is 1. The molecule has 2 unspecified atom stereocenters. The second kappa shape index (κ2) is 6.44. The summed E-state index contributed by atoms with van der Waals surface area (Å²) in [5.74, 6) is 0.367. The van der Waals surface area contributed by atoms with Crippen LogP contribution in [-0.4, -0.2) is 48.4 Å². The highest BCUT2D eigenvalue weighted by Crippen LogP contribution is 2.33. The number of hydrogen-bond acceptors (Lipinski definition) is 5. The number of aldehydes is 1. The Morgan fingerprint density at radius 3 is 3.00 bits per heavy atom. The molecule has 0 bridgehead atoms. The maximum atomic E-state index is 11.3. The first-order chi connectivity index (χ1) is 10.2. The average molecular weight is 307 g/mol. The van der Waals surface area contributed by atoms with E-state index in [1.165, 1.54) is 25.8 Å². The zero-order chi connectivity index (χ0) is 14.8. The van der Waals surface area contributed by atoms with Crippen LogP contribution in [0.2, 0.25) is 0 Å². The highest BCUT2D eigenvalue weighted by atomic mass is 32.1. The average Bonchev–Trinajstić information content (AvgIpc) is 2.98. The Morgan fingerprint density at radius 2 is 2.24 bits per heavy atom. The first-order valence-corrected chi connectivity index (χ1v) is 8.99. The molecule has 116 valence electrons. The van der Waals surface area contributed by atoms with E-state index in [1.54, 1.807) is 11.3 Å². The van der Waals surface area contributed by atoms with Gasteiger partial charge < -0.3 is 4.90 Å². The van der Waals surface area contributed by atoms with Crippen molar-refractivity contribution in [2.75, 3.05) is 31.1 Å². The van der Waals surface area contributed by atoms with Crippen LogP contribution in [0.3, 0.4) is 0 Å². The van der Waals surface area contributed by atoms with E-state index in [4.69, 9.17) is 4.98 Å². The Hall–Kier alpha value is -0.940. The molecule has 5 heteroatoms. The normalized spacial score (nSPS) is 24.7. The van der Waals surface area contributed by atoms with Crippen LogP contribution < -0.4 is 4.90 Å². The summed E-state index contributed by atoms with van der Waals surface area (Å²) in [5, 5.41) is 1.05. The van der Waals surface area contributed by atoms with Gasteiger partial charge in [0.2, 0.25) is 0 Å². The van der Waals surface area contributed by atoms with E-state index >= 15 is 0 Å². The second-order valence-corrected chi connectivity index (χ2v) is 7.31. The number of nitrogens with zero attached hydrogens (tertiary/aromatic N) is 3. The number of fused-ring (bicyclic) bond motifs is 1. The minimum absolute atomic E-state index is 0.367. The zero-order valence-electron chi connectivity index (χ0n) is 13.0. The summed E-state index contributed by atoms with van der Waals surface area (Å²) in [5.41, 5.74) is 0.999. The van der Waals surface area contributed by atoms with E-state index in [2.05, 4.69) is 23.6 Å². The molecule has 21 heavy (non-hydrogen) atoms. The summed E-state index contributed by atoms with van der Waals surface area (Å²) in [4.78, 5) is 22.0. The van der Waals surface area contributed by atoms with Crippen molar-refractivity contribution in [3.05, 3.63) is 10.6 Å². The van der Waals surface area contributed by atoms with E-state index in [0.717, 1.165) is 48.0 Å². The summed E-state index contributed by atoms with van der Waals surface area (Å²) < 4.78 is 0. The van der Waals surface area contributed by atoms with Gasteiger partial charge in [0.15, 0.2) is 11.4 Å². The van der Waals surface area contributed by atoms with Crippen LogP contribution in [0.25, 0.3) is 0 Å². The van der Waals surface area contributed by atoms with Gasteiger partial charge in [-0.15, -0.1) is 0 Å². The predicted molar refractivity (Wildman–Crippen MR) is 87.6 cm³/mol. The van der Waals surface area contributed by atoms with Gasteiger partial charge in [-0.2, -0.15) is 0 Å². The highest BCUT2D eigenvalue weighted by Gasteiger charge is 2.30. The number of anilines is 1. The van der Waals surface area contributed by atoms with Crippen molar-refractivity contribution < 1.29 is 4.79 Å². The number of piperidine rings is 1. The topological polar surface area (TPSA) is 36.4 Å². The Kier molecular flexibility index (Phi) is 4.60. The maximum absolute atomic E-state index is 11.3. The van der Waals surface area contributed by atoms with Crippen molar-refractivity contribution >= 4 is 22.8 Å². The van der Waals surface area contributed by atoms with Crippen LogP contribution in [0.4, 0.5) is 5.13 Å². The molecular weight excluding hydrogens is 282 g/mol. The third-order valence-electron chi connectivity index (χ3n) is 4.96. The van der Waals surface area contributed by atoms with Crippen LogP contribution in [-0.2, 0) is 0 Å². The van der Waals surface area contributed by atoms with Crippen molar-refractivity contribution in [1.82, 2.24) is 9.88 Å². The van der Waals surface area contributed by atoms with Gasteiger partial charge in [-0.25, -0.2) is 4.98 Å². The second-order valence-electron chi connectivity index (χ2n) is 6.30. The molecule has 2 saturated heterocycles. The molecule has 2 aliphatic rings. The molecule has 2 atom stereocenters. The monoisotopic (exact) mass is 307 g/mol. The van der Waals surface area contributed by atoms with Crippen LogP contribution in [0.1, 0.15) is 60.8 Å². The van der Waals surface area contributed by atoms with Gasteiger partial charge in [0, 0.05) is 25.7 Å². The number of rotatable bonds is 4. The number of hydrogen-bond donors (Lipinski definition) is 0. The summed E-state index contributed by atoms with van der Waals surface area (Å²) in [6.45, 7) is 8.82. The minimum atomic E-state index is 0.367. The van der Waals surface area contributed by atoms with Crippen molar-refractivity contribution in [1.29, 1.82) is 0 Å². The fraction of sp³-hybridized carbons (Fsp3) is 0.750. The molecule has 0 aliphatic carbocycles. The lowest BCUT2D eigenvalue weighted by molar-refractivity contribution is 0.112. The summed E-state index contributed by atoms with van der Waals surface area (Å²) in [6, 6.07) is 0.683. The van der Waals surface area contributed by atoms with Gasteiger partial charge in [-0.3, -0.25) is 9.69 Å². The summed E-state index contributed by atoms with van der Waals surface area (Å²) in [7, 11) is 0. The van der Waals surface area contributed by atoms with E-state index in [-0.39, 0.29) is 0 Å². The van der Waals surface area contributed by atoms with Crippen molar-refractivity contribution in [2.45, 2.75) is 51.5 Å². The fourth-order valence-corrected chi connectivity index (χ4v) is 4.46. The smallest absolute Gasteiger partial charge is 0.186 e. The van der Waals surface area contributed by atoms with Gasteiger partial charge in [-0.05, 0) is 31.7 Å². The SMILES string of the molecule is CCC(C)c1nc(N2CCN3CCCCC3C2)sc1C=O. The molecule has 0 aromatic carbocycles. The Labute approximate surface area is 131 Å². The Bertz CT molecular complexity index is 502. The molecule has 0 radical (unpaired) electrons. The third-order valence-corrected chi connectivity index (χ3v) is 6.02. The lowest BCUT2D eigenvalue weighted by atomic mass is 10.00. The molecule has 0 amide bonds. The third kappa shape index (κ3) is 2.99.